The standard InChI is InChI=1S/C19H16BrFN2O3S/c1-11-3-5-16(25-2)13(7-11)15-10-27-19(22-15)23-18(24)9-26-17-6-4-12(20)8-14(17)21/h3-8,10H,9H2,1-2H3,(H,22,23,24). The van der Waals surface area contributed by atoms with E-state index in [4.69, 9.17) is 9.47 Å². The maximum Gasteiger partial charge on any atom is 0.264 e. The number of hydrogen-bond donors (Lipinski definition) is 1. The van der Waals surface area contributed by atoms with Crippen LogP contribution >= 0.6 is 27.3 Å². The fourth-order valence-corrected chi connectivity index (χ4v) is 3.43. The highest BCUT2D eigenvalue weighted by molar-refractivity contribution is 9.10. The van der Waals surface area contributed by atoms with Crippen molar-refractivity contribution in [2.45, 2.75) is 6.92 Å². The molecule has 1 N–H and O–H groups in total. The van der Waals surface area contributed by atoms with E-state index in [1.807, 2.05) is 30.5 Å². The van der Waals surface area contributed by atoms with E-state index in [-0.39, 0.29) is 12.4 Å². The van der Waals surface area contributed by atoms with Crippen LogP contribution in [0.3, 0.4) is 0 Å². The lowest BCUT2D eigenvalue weighted by Crippen LogP contribution is -2.20. The van der Waals surface area contributed by atoms with E-state index in [9.17, 15) is 9.18 Å². The number of halogens is 2. The molecule has 0 fully saturated rings. The number of amides is 1. The van der Waals surface area contributed by atoms with E-state index in [0.29, 0.717) is 21.0 Å². The second-order valence-corrected chi connectivity index (χ2v) is 7.43. The summed E-state index contributed by atoms with van der Waals surface area (Å²) in [7, 11) is 1.60. The van der Waals surface area contributed by atoms with Gasteiger partial charge in [-0.1, -0.05) is 27.6 Å². The molecule has 0 aliphatic heterocycles. The van der Waals surface area contributed by atoms with Gasteiger partial charge in [0, 0.05) is 15.4 Å². The van der Waals surface area contributed by atoms with Crippen molar-refractivity contribution in [2.75, 3.05) is 19.0 Å². The van der Waals surface area contributed by atoms with E-state index in [2.05, 4.69) is 26.2 Å². The molecule has 3 aromatic rings. The Morgan fingerprint density at radius 3 is 2.78 bits per heavy atom. The average Bonchev–Trinajstić information content (AvgIpc) is 3.09. The summed E-state index contributed by atoms with van der Waals surface area (Å²) in [5.74, 6) is -0.245. The van der Waals surface area contributed by atoms with Gasteiger partial charge in [-0.25, -0.2) is 9.37 Å². The zero-order chi connectivity index (χ0) is 19.4. The van der Waals surface area contributed by atoms with Crippen molar-refractivity contribution in [3.63, 3.8) is 0 Å². The van der Waals surface area contributed by atoms with Gasteiger partial charge in [-0.2, -0.15) is 0 Å². The molecule has 0 saturated heterocycles. The fraction of sp³-hybridized carbons (Fsp3) is 0.158. The van der Waals surface area contributed by atoms with E-state index >= 15 is 0 Å². The maximum atomic E-state index is 13.7. The van der Waals surface area contributed by atoms with Crippen molar-refractivity contribution in [3.8, 4) is 22.8 Å². The molecule has 0 saturated carbocycles. The summed E-state index contributed by atoms with van der Waals surface area (Å²) in [5, 5.41) is 4.92. The highest BCUT2D eigenvalue weighted by Crippen LogP contribution is 2.33. The van der Waals surface area contributed by atoms with Crippen LogP contribution < -0.4 is 14.8 Å². The number of rotatable bonds is 6. The molecule has 1 amide bonds. The molecule has 2 aromatic carbocycles. The van der Waals surface area contributed by atoms with Crippen molar-refractivity contribution in [2.24, 2.45) is 0 Å². The van der Waals surface area contributed by atoms with Gasteiger partial charge in [-0.05, 0) is 37.3 Å². The van der Waals surface area contributed by atoms with Gasteiger partial charge in [0.1, 0.15) is 5.75 Å². The van der Waals surface area contributed by atoms with Crippen LogP contribution in [0.1, 0.15) is 5.56 Å². The minimum absolute atomic E-state index is 0.0117. The van der Waals surface area contributed by atoms with Crippen LogP contribution in [0.5, 0.6) is 11.5 Å². The fourth-order valence-electron chi connectivity index (χ4n) is 2.37. The first-order valence-corrected chi connectivity index (χ1v) is 9.62. The zero-order valence-corrected chi connectivity index (χ0v) is 17.0. The molecule has 8 heteroatoms. The summed E-state index contributed by atoms with van der Waals surface area (Å²) < 4.78 is 24.9. The van der Waals surface area contributed by atoms with Crippen LogP contribution in [-0.2, 0) is 4.79 Å². The number of methoxy groups -OCH3 is 1. The Balaban J connectivity index is 1.65. The third-order valence-corrected chi connectivity index (χ3v) is 4.89. The lowest BCUT2D eigenvalue weighted by atomic mass is 10.1. The number of thiazole rings is 1. The van der Waals surface area contributed by atoms with Crippen LogP contribution in [0.25, 0.3) is 11.3 Å². The normalized spacial score (nSPS) is 10.5. The summed E-state index contributed by atoms with van der Waals surface area (Å²) in [6, 6.07) is 10.2. The summed E-state index contributed by atoms with van der Waals surface area (Å²) in [6.07, 6.45) is 0. The molecule has 0 bridgehead atoms. The molecule has 27 heavy (non-hydrogen) atoms. The van der Waals surface area contributed by atoms with Gasteiger partial charge in [0.2, 0.25) is 0 Å². The first kappa shape index (κ1) is 19.3. The van der Waals surface area contributed by atoms with Crippen molar-refractivity contribution < 1.29 is 18.7 Å². The van der Waals surface area contributed by atoms with Crippen molar-refractivity contribution >= 4 is 38.3 Å². The van der Waals surface area contributed by atoms with Gasteiger partial charge in [0.15, 0.2) is 23.3 Å². The Hall–Kier alpha value is -2.45. The molecule has 0 unspecified atom stereocenters. The largest absolute Gasteiger partial charge is 0.496 e. The second-order valence-electron chi connectivity index (χ2n) is 5.65. The third-order valence-electron chi connectivity index (χ3n) is 3.63. The van der Waals surface area contributed by atoms with Gasteiger partial charge in [0.05, 0.1) is 12.8 Å². The summed E-state index contributed by atoms with van der Waals surface area (Å²) >= 11 is 4.46. The van der Waals surface area contributed by atoms with Crippen LogP contribution in [0.2, 0.25) is 0 Å². The van der Waals surface area contributed by atoms with Crippen LogP contribution in [0.4, 0.5) is 9.52 Å². The molecule has 1 heterocycles. The Morgan fingerprint density at radius 1 is 1.26 bits per heavy atom. The quantitative estimate of drug-likeness (QED) is 0.570. The Bertz CT molecular complexity index is 977. The molecule has 0 radical (unpaired) electrons. The van der Waals surface area contributed by atoms with E-state index in [0.717, 1.165) is 11.1 Å². The number of aryl methyl sites for hydroxylation is 1. The smallest absolute Gasteiger partial charge is 0.264 e. The molecule has 0 aliphatic carbocycles. The molecular formula is C19H16BrFN2O3S. The van der Waals surface area contributed by atoms with Crippen LogP contribution in [-0.4, -0.2) is 24.6 Å². The molecule has 5 nitrogen and oxygen atoms in total. The summed E-state index contributed by atoms with van der Waals surface area (Å²) in [5.41, 5.74) is 2.63. The number of aromatic nitrogens is 1. The lowest BCUT2D eigenvalue weighted by molar-refractivity contribution is -0.118. The Morgan fingerprint density at radius 2 is 2.04 bits per heavy atom. The van der Waals surface area contributed by atoms with E-state index in [1.54, 1.807) is 13.2 Å². The molecule has 1 aromatic heterocycles. The van der Waals surface area contributed by atoms with Gasteiger partial charge in [0.25, 0.3) is 5.91 Å². The summed E-state index contributed by atoms with van der Waals surface area (Å²) in [6.45, 7) is 1.66. The number of carbonyl (C=O) groups is 1. The predicted molar refractivity (Wildman–Crippen MR) is 107 cm³/mol. The Kier molecular flexibility index (Phi) is 6.08. The van der Waals surface area contributed by atoms with Crippen molar-refractivity contribution in [1.29, 1.82) is 0 Å². The Labute approximate surface area is 168 Å². The number of nitrogens with zero attached hydrogens (tertiary/aromatic N) is 1. The molecule has 0 aliphatic rings. The zero-order valence-electron chi connectivity index (χ0n) is 14.6. The highest BCUT2D eigenvalue weighted by Gasteiger charge is 2.13. The minimum Gasteiger partial charge on any atom is -0.496 e. The number of nitrogens with one attached hydrogen (secondary N) is 1. The third kappa shape index (κ3) is 4.84. The molecule has 0 atom stereocenters. The first-order chi connectivity index (χ1) is 13.0. The van der Waals surface area contributed by atoms with E-state index < -0.39 is 11.7 Å². The average molecular weight is 451 g/mol. The van der Waals surface area contributed by atoms with Crippen molar-refractivity contribution in [1.82, 2.24) is 4.98 Å². The van der Waals surface area contributed by atoms with Gasteiger partial charge in [-0.15, -0.1) is 11.3 Å². The number of benzene rings is 2. The molecule has 3 rings (SSSR count). The lowest BCUT2D eigenvalue weighted by Gasteiger charge is -2.08. The molecule has 140 valence electrons. The van der Waals surface area contributed by atoms with Gasteiger partial charge in [-0.3, -0.25) is 10.1 Å². The van der Waals surface area contributed by atoms with Crippen molar-refractivity contribution in [3.05, 3.63) is 57.6 Å². The van der Waals surface area contributed by atoms with E-state index in [1.165, 1.54) is 23.5 Å². The van der Waals surface area contributed by atoms with Crippen LogP contribution in [0, 0.1) is 12.7 Å². The maximum absolute atomic E-state index is 13.7. The number of anilines is 1. The van der Waals surface area contributed by atoms with Crippen LogP contribution in [0.15, 0.2) is 46.3 Å². The molecule has 0 spiro atoms. The monoisotopic (exact) mass is 450 g/mol. The SMILES string of the molecule is COc1ccc(C)cc1-c1csc(NC(=O)COc2ccc(Br)cc2F)n1. The highest BCUT2D eigenvalue weighted by atomic mass is 79.9. The minimum atomic E-state index is -0.541. The molecular weight excluding hydrogens is 435 g/mol. The van der Waals surface area contributed by atoms with Gasteiger partial charge >= 0.3 is 0 Å². The number of carbonyl (C=O) groups excluding carboxylic acids is 1. The van der Waals surface area contributed by atoms with Gasteiger partial charge < -0.3 is 9.47 Å². The second kappa shape index (κ2) is 8.49. The first-order valence-electron chi connectivity index (χ1n) is 7.94. The summed E-state index contributed by atoms with van der Waals surface area (Å²) in [4.78, 5) is 16.5. The predicted octanol–water partition coefficient (Wildman–Crippen LogP) is 5.05. The number of hydrogen-bond acceptors (Lipinski definition) is 5. The number of ether oxygens (including phenoxy) is 2. The topological polar surface area (TPSA) is 60.5 Å².